The van der Waals surface area contributed by atoms with Gasteiger partial charge in [-0.05, 0) is 47.2 Å². The summed E-state index contributed by atoms with van der Waals surface area (Å²) in [5.41, 5.74) is 2.55. The Morgan fingerprint density at radius 3 is 2.89 bits per heavy atom. The Hall–Kier alpha value is -0.870. The largest absolute Gasteiger partial charge is 0.316 e. The highest BCUT2D eigenvalue weighted by Gasteiger charge is 2.19. The minimum Gasteiger partial charge on any atom is -0.316 e. The lowest BCUT2D eigenvalue weighted by Gasteiger charge is -2.32. The summed E-state index contributed by atoms with van der Waals surface area (Å²) in [4.78, 5) is 2.54. The van der Waals surface area contributed by atoms with Gasteiger partial charge >= 0.3 is 0 Å². The maximum atomic E-state index is 4.59. The number of aromatic nitrogens is 2. The lowest BCUT2D eigenvalue weighted by Crippen LogP contribution is -2.43. The highest BCUT2D eigenvalue weighted by atomic mass is 15.3. The Morgan fingerprint density at radius 1 is 1.50 bits per heavy atom. The smallest absolute Gasteiger partial charge is 0.0638 e. The highest BCUT2D eigenvalue weighted by molar-refractivity contribution is 5.15. The van der Waals surface area contributed by atoms with Crippen molar-refractivity contribution in [3.05, 3.63) is 17.5 Å². The van der Waals surface area contributed by atoms with Crippen molar-refractivity contribution in [3.63, 3.8) is 0 Å². The number of likely N-dealkylation sites (tertiary alicyclic amines) is 1. The van der Waals surface area contributed by atoms with Crippen LogP contribution in [0.25, 0.3) is 0 Å². The van der Waals surface area contributed by atoms with Crippen molar-refractivity contribution >= 4 is 0 Å². The molecule has 1 aliphatic rings. The summed E-state index contributed by atoms with van der Waals surface area (Å²) in [6, 6.07) is 1.10. The van der Waals surface area contributed by atoms with Crippen molar-refractivity contribution in [2.24, 2.45) is 0 Å². The second-order valence-electron chi connectivity index (χ2n) is 5.68. The van der Waals surface area contributed by atoms with Gasteiger partial charge in [-0.3, -0.25) is 9.58 Å². The van der Waals surface area contributed by atoms with E-state index in [0.29, 0.717) is 12.1 Å². The van der Waals surface area contributed by atoms with E-state index in [9.17, 15) is 0 Å². The number of rotatable bonds is 4. The molecule has 1 unspecified atom stereocenters. The van der Waals surface area contributed by atoms with E-state index in [1.165, 1.54) is 30.6 Å². The van der Waals surface area contributed by atoms with Crippen molar-refractivity contribution < 1.29 is 0 Å². The van der Waals surface area contributed by atoms with Crippen LogP contribution < -0.4 is 5.32 Å². The molecule has 1 atom stereocenters. The van der Waals surface area contributed by atoms with Gasteiger partial charge in [0.05, 0.1) is 5.69 Å². The molecule has 2 rings (SSSR count). The van der Waals surface area contributed by atoms with Crippen molar-refractivity contribution in [1.82, 2.24) is 20.0 Å². The molecular formula is C14H26N4. The van der Waals surface area contributed by atoms with Gasteiger partial charge in [0.1, 0.15) is 0 Å². The van der Waals surface area contributed by atoms with Gasteiger partial charge in [-0.15, -0.1) is 0 Å². The van der Waals surface area contributed by atoms with E-state index in [-0.39, 0.29) is 0 Å². The molecule has 4 heteroatoms. The van der Waals surface area contributed by atoms with Crippen LogP contribution in [0.4, 0.5) is 0 Å². The van der Waals surface area contributed by atoms with Gasteiger partial charge in [0.25, 0.3) is 0 Å². The van der Waals surface area contributed by atoms with Crippen molar-refractivity contribution in [3.8, 4) is 0 Å². The van der Waals surface area contributed by atoms with Crippen LogP contribution in [0.5, 0.6) is 0 Å². The quantitative estimate of drug-likeness (QED) is 0.887. The van der Waals surface area contributed by atoms with E-state index in [2.05, 4.69) is 54.0 Å². The third-order valence-corrected chi connectivity index (χ3v) is 3.86. The molecule has 18 heavy (non-hydrogen) atoms. The lowest BCUT2D eigenvalue weighted by atomic mass is 10.1. The Kier molecular flexibility index (Phi) is 4.40. The first-order valence-corrected chi connectivity index (χ1v) is 7.04. The summed E-state index contributed by atoms with van der Waals surface area (Å²) in [7, 11) is 2.07. The van der Waals surface area contributed by atoms with Gasteiger partial charge in [0, 0.05) is 36.9 Å². The average molecular weight is 250 g/mol. The monoisotopic (exact) mass is 250 g/mol. The van der Waals surface area contributed by atoms with Crippen LogP contribution in [-0.4, -0.2) is 40.9 Å². The molecule has 0 spiro atoms. The van der Waals surface area contributed by atoms with Crippen LogP contribution in [0.15, 0.2) is 6.20 Å². The van der Waals surface area contributed by atoms with Gasteiger partial charge in [-0.2, -0.15) is 5.10 Å². The Morgan fingerprint density at radius 2 is 2.28 bits per heavy atom. The molecule has 102 valence electrons. The molecule has 1 fully saturated rings. The Bertz CT molecular complexity index is 383. The van der Waals surface area contributed by atoms with Crippen molar-refractivity contribution in [2.45, 2.75) is 52.2 Å². The van der Waals surface area contributed by atoms with E-state index < -0.39 is 0 Å². The van der Waals surface area contributed by atoms with Gasteiger partial charge in [0.15, 0.2) is 0 Å². The summed E-state index contributed by atoms with van der Waals surface area (Å²) in [6.07, 6.45) is 4.81. The second kappa shape index (κ2) is 5.85. The molecule has 4 nitrogen and oxygen atoms in total. The van der Waals surface area contributed by atoms with Gasteiger partial charge in [-0.25, -0.2) is 0 Å². The number of hydrogen-bond acceptors (Lipinski definition) is 3. The molecular weight excluding hydrogens is 224 g/mol. The Balaban J connectivity index is 2.00. The SMILES string of the molecule is CNC1CCCN(Cc2cn(C(C)C)nc2C)C1. The van der Waals surface area contributed by atoms with Gasteiger partial charge in [-0.1, -0.05) is 0 Å². The number of nitrogens with one attached hydrogen (secondary N) is 1. The molecule has 1 aromatic heterocycles. The summed E-state index contributed by atoms with van der Waals surface area (Å²) in [5, 5.41) is 7.98. The average Bonchev–Trinajstić information content (AvgIpc) is 2.71. The van der Waals surface area contributed by atoms with E-state index in [0.717, 1.165) is 13.1 Å². The van der Waals surface area contributed by atoms with Crippen LogP contribution in [0, 0.1) is 6.92 Å². The number of piperidine rings is 1. The minimum absolute atomic E-state index is 0.448. The maximum absolute atomic E-state index is 4.59. The molecule has 1 aromatic rings. The van der Waals surface area contributed by atoms with E-state index >= 15 is 0 Å². The second-order valence-corrected chi connectivity index (χ2v) is 5.68. The molecule has 0 saturated carbocycles. The molecule has 1 aliphatic heterocycles. The lowest BCUT2D eigenvalue weighted by molar-refractivity contribution is 0.187. The normalized spacial score (nSPS) is 21.7. The van der Waals surface area contributed by atoms with E-state index in [4.69, 9.17) is 0 Å². The number of aryl methyl sites for hydroxylation is 1. The fourth-order valence-corrected chi connectivity index (χ4v) is 2.61. The van der Waals surface area contributed by atoms with Crippen LogP contribution >= 0.6 is 0 Å². The highest BCUT2D eigenvalue weighted by Crippen LogP contribution is 2.16. The third-order valence-electron chi connectivity index (χ3n) is 3.86. The number of nitrogens with zero attached hydrogens (tertiary/aromatic N) is 3. The fourth-order valence-electron chi connectivity index (χ4n) is 2.61. The predicted octanol–water partition coefficient (Wildman–Crippen LogP) is 1.96. The molecule has 0 aromatic carbocycles. The molecule has 2 heterocycles. The zero-order valence-electron chi connectivity index (χ0n) is 12.1. The van der Waals surface area contributed by atoms with Crippen molar-refractivity contribution in [1.29, 1.82) is 0 Å². The molecule has 0 amide bonds. The number of likely N-dealkylation sites (N-methyl/N-ethyl adjacent to an activating group) is 1. The Labute approximate surface area is 110 Å². The molecule has 1 N–H and O–H groups in total. The summed E-state index contributed by atoms with van der Waals surface area (Å²) >= 11 is 0. The van der Waals surface area contributed by atoms with Gasteiger partial charge in [0.2, 0.25) is 0 Å². The third kappa shape index (κ3) is 3.12. The minimum atomic E-state index is 0.448. The van der Waals surface area contributed by atoms with Crippen LogP contribution in [0.3, 0.4) is 0 Å². The summed E-state index contributed by atoms with van der Waals surface area (Å²) < 4.78 is 2.07. The summed E-state index contributed by atoms with van der Waals surface area (Å²) in [6.45, 7) is 9.88. The molecule has 0 bridgehead atoms. The standard InChI is InChI=1S/C14H26N4/c1-11(2)18-9-13(12(3)16-18)8-17-7-5-6-14(10-17)15-4/h9,11,14-15H,5-8,10H2,1-4H3. The zero-order valence-corrected chi connectivity index (χ0v) is 12.1. The molecule has 1 saturated heterocycles. The first-order valence-electron chi connectivity index (χ1n) is 7.04. The first kappa shape index (κ1) is 13.6. The first-order chi connectivity index (χ1) is 8.60. The van der Waals surface area contributed by atoms with Crippen molar-refractivity contribution in [2.75, 3.05) is 20.1 Å². The van der Waals surface area contributed by atoms with E-state index in [1.54, 1.807) is 0 Å². The van der Waals surface area contributed by atoms with E-state index in [1.807, 2.05) is 0 Å². The topological polar surface area (TPSA) is 33.1 Å². The van der Waals surface area contributed by atoms with Gasteiger partial charge < -0.3 is 5.32 Å². The maximum Gasteiger partial charge on any atom is 0.0638 e. The molecule has 0 aliphatic carbocycles. The van der Waals surface area contributed by atoms with Crippen LogP contribution in [0.1, 0.15) is 44.0 Å². The fraction of sp³-hybridized carbons (Fsp3) is 0.786. The predicted molar refractivity (Wildman–Crippen MR) is 74.7 cm³/mol. The van der Waals surface area contributed by atoms with Crippen LogP contribution in [-0.2, 0) is 6.54 Å². The molecule has 0 radical (unpaired) electrons. The van der Waals surface area contributed by atoms with Crippen LogP contribution in [0.2, 0.25) is 0 Å². The zero-order chi connectivity index (χ0) is 13.1. The number of hydrogen-bond donors (Lipinski definition) is 1. The summed E-state index contributed by atoms with van der Waals surface area (Å²) in [5.74, 6) is 0.